The Bertz CT molecular complexity index is 519. The zero-order valence-corrected chi connectivity index (χ0v) is 12.8. The van der Waals surface area contributed by atoms with Crippen molar-refractivity contribution in [1.29, 1.82) is 0 Å². The van der Waals surface area contributed by atoms with Crippen LogP contribution in [-0.2, 0) is 11.3 Å². The van der Waals surface area contributed by atoms with Gasteiger partial charge in [-0.2, -0.15) is 0 Å². The summed E-state index contributed by atoms with van der Waals surface area (Å²) in [7, 11) is 3.46. The topological polar surface area (TPSA) is 41.9 Å². The molecule has 1 N–H and O–H groups in total. The molecule has 0 aromatic heterocycles. The third-order valence-corrected chi connectivity index (χ3v) is 3.78. The number of methoxy groups -OCH3 is 2. The van der Waals surface area contributed by atoms with Gasteiger partial charge >= 0.3 is 0 Å². The summed E-state index contributed by atoms with van der Waals surface area (Å²) in [6.07, 6.45) is 2.61. The molecule has 1 aliphatic heterocycles. The molecule has 1 unspecified atom stereocenters. The van der Waals surface area contributed by atoms with E-state index < -0.39 is 0 Å². The van der Waals surface area contributed by atoms with Gasteiger partial charge in [0.15, 0.2) is 0 Å². The maximum absolute atomic E-state index is 8.79. The maximum atomic E-state index is 8.79. The molecule has 1 aromatic carbocycles. The van der Waals surface area contributed by atoms with E-state index in [0.717, 1.165) is 49.4 Å². The van der Waals surface area contributed by atoms with E-state index in [0.29, 0.717) is 6.10 Å². The standard InChI is InChI=1S/C17H23NO3/c1-20-16-6-3-9-18(13-16)12-15-11-14(5-4-10-19)7-8-17(15)21-2/h7-8,11,16,19H,3,6,9-10,12-13H2,1-2H3. The van der Waals surface area contributed by atoms with Crippen LogP contribution in [0.4, 0.5) is 0 Å². The first-order valence-electron chi connectivity index (χ1n) is 7.28. The Kier molecular flexibility index (Phi) is 6.06. The Balaban J connectivity index is 2.13. The van der Waals surface area contributed by atoms with E-state index in [4.69, 9.17) is 14.6 Å². The van der Waals surface area contributed by atoms with Crippen molar-refractivity contribution < 1.29 is 14.6 Å². The van der Waals surface area contributed by atoms with Crippen LogP contribution in [0.1, 0.15) is 24.0 Å². The number of benzene rings is 1. The van der Waals surface area contributed by atoms with Crippen LogP contribution in [-0.4, -0.2) is 50.0 Å². The van der Waals surface area contributed by atoms with Crippen molar-refractivity contribution in [3.05, 3.63) is 29.3 Å². The van der Waals surface area contributed by atoms with Gasteiger partial charge in [-0.1, -0.05) is 11.8 Å². The van der Waals surface area contributed by atoms with E-state index in [2.05, 4.69) is 16.7 Å². The summed E-state index contributed by atoms with van der Waals surface area (Å²) in [5.74, 6) is 6.50. The first-order valence-corrected chi connectivity index (χ1v) is 7.28. The number of likely N-dealkylation sites (tertiary alicyclic amines) is 1. The molecule has 0 saturated carbocycles. The number of hydrogen-bond acceptors (Lipinski definition) is 4. The SMILES string of the molecule is COc1ccc(C#CCO)cc1CN1CCCC(OC)C1. The number of aliphatic hydroxyl groups excluding tert-OH is 1. The second-order valence-electron chi connectivity index (χ2n) is 5.22. The lowest BCUT2D eigenvalue weighted by Gasteiger charge is -2.32. The average Bonchev–Trinajstić information content (AvgIpc) is 2.53. The third kappa shape index (κ3) is 4.47. The van der Waals surface area contributed by atoms with Crippen LogP contribution < -0.4 is 4.74 Å². The summed E-state index contributed by atoms with van der Waals surface area (Å²) in [4.78, 5) is 2.39. The van der Waals surface area contributed by atoms with Crippen LogP contribution in [0.5, 0.6) is 5.75 Å². The minimum absolute atomic E-state index is 0.122. The average molecular weight is 289 g/mol. The molecule has 1 aromatic rings. The molecule has 0 bridgehead atoms. The minimum Gasteiger partial charge on any atom is -0.496 e. The van der Waals surface area contributed by atoms with Crippen LogP contribution in [0.2, 0.25) is 0 Å². The predicted octanol–water partition coefficient (Wildman–Crippen LogP) is 1.65. The van der Waals surface area contributed by atoms with Crippen molar-refractivity contribution in [1.82, 2.24) is 4.90 Å². The molecule has 0 spiro atoms. The van der Waals surface area contributed by atoms with Gasteiger partial charge < -0.3 is 14.6 Å². The Labute approximate surface area is 126 Å². The van der Waals surface area contributed by atoms with Gasteiger partial charge in [0.1, 0.15) is 12.4 Å². The van der Waals surface area contributed by atoms with E-state index in [1.165, 1.54) is 0 Å². The molecule has 1 aliphatic rings. The highest BCUT2D eigenvalue weighted by Gasteiger charge is 2.20. The van der Waals surface area contributed by atoms with Crippen LogP contribution >= 0.6 is 0 Å². The lowest BCUT2D eigenvalue weighted by molar-refractivity contribution is 0.0283. The molecule has 1 saturated heterocycles. The first-order chi connectivity index (χ1) is 10.3. The van der Waals surface area contributed by atoms with Gasteiger partial charge in [0, 0.05) is 31.3 Å². The summed E-state index contributed by atoms with van der Waals surface area (Å²) in [5.41, 5.74) is 2.03. The molecule has 21 heavy (non-hydrogen) atoms. The highest BCUT2D eigenvalue weighted by Crippen LogP contribution is 2.23. The largest absolute Gasteiger partial charge is 0.496 e. The molecule has 0 aliphatic carbocycles. The molecule has 1 heterocycles. The predicted molar refractivity (Wildman–Crippen MR) is 82.3 cm³/mol. The summed E-state index contributed by atoms with van der Waals surface area (Å²) in [6.45, 7) is 2.74. The molecule has 4 heteroatoms. The van der Waals surface area contributed by atoms with Crippen molar-refractivity contribution in [2.24, 2.45) is 0 Å². The van der Waals surface area contributed by atoms with Crippen LogP contribution in [0.15, 0.2) is 18.2 Å². The number of rotatable bonds is 4. The molecule has 1 atom stereocenters. The Morgan fingerprint density at radius 3 is 2.95 bits per heavy atom. The van der Waals surface area contributed by atoms with E-state index in [1.54, 1.807) is 14.2 Å². The van der Waals surface area contributed by atoms with Crippen LogP contribution in [0.3, 0.4) is 0 Å². The van der Waals surface area contributed by atoms with Gasteiger partial charge in [-0.3, -0.25) is 4.90 Å². The van der Waals surface area contributed by atoms with Crippen LogP contribution in [0, 0.1) is 11.8 Å². The Morgan fingerprint density at radius 1 is 1.38 bits per heavy atom. The summed E-state index contributed by atoms with van der Waals surface area (Å²) in [5, 5.41) is 8.79. The minimum atomic E-state index is -0.122. The van der Waals surface area contributed by atoms with Gasteiger partial charge in [0.25, 0.3) is 0 Å². The molecular formula is C17H23NO3. The van der Waals surface area contributed by atoms with Crippen molar-refractivity contribution in [2.75, 3.05) is 33.9 Å². The highest BCUT2D eigenvalue weighted by molar-refractivity contribution is 5.44. The quantitative estimate of drug-likeness (QED) is 0.856. The normalized spacial score (nSPS) is 18.9. The number of nitrogens with zero attached hydrogens (tertiary/aromatic N) is 1. The lowest BCUT2D eigenvalue weighted by atomic mass is 10.1. The van der Waals surface area contributed by atoms with Gasteiger partial charge in [-0.15, -0.1) is 0 Å². The van der Waals surface area contributed by atoms with Gasteiger partial charge in [0.05, 0.1) is 13.2 Å². The lowest BCUT2D eigenvalue weighted by Crippen LogP contribution is -2.38. The van der Waals surface area contributed by atoms with E-state index in [9.17, 15) is 0 Å². The third-order valence-electron chi connectivity index (χ3n) is 3.78. The van der Waals surface area contributed by atoms with Gasteiger partial charge in [0.2, 0.25) is 0 Å². The molecule has 114 valence electrons. The van der Waals surface area contributed by atoms with Crippen molar-refractivity contribution >= 4 is 0 Å². The van der Waals surface area contributed by atoms with E-state index >= 15 is 0 Å². The van der Waals surface area contributed by atoms with Gasteiger partial charge in [-0.25, -0.2) is 0 Å². The maximum Gasteiger partial charge on any atom is 0.123 e. The highest BCUT2D eigenvalue weighted by atomic mass is 16.5. The van der Waals surface area contributed by atoms with Crippen LogP contribution in [0.25, 0.3) is 0 Å². The number of piperidine rings is 1. The fraction of sp³-hybridized carbons (Fsp3) is 0.529. The monoisotopic (exact) mass is 289 g/mol. The second-order valence-corrected chi connectivity index (χ2v) is 5.22. The zero-order chi connectivity index (χ0) is 15.1. The second kappa shape index (κ2) is 8.04. The van der Waals surface area contributed by atoms with E-state index in [-0.39, 0.29) is 6.61 Å². The number of ether oxygens (including phenoxy) is 2. The molecule has 4 nitrogen and oxygen atoms in total. The van der Waals surface area contributed by atoms with Gasteiger partial charge in [-0.05, 0) is 37.6 Å². The first kappa shape index (κ1) is 15.8. The summed E-state index contributed by atoms with van der Waals surface area (Å²) < 4.78 is 10.9. The summed E-state index contributed by atoms with van der Waals surface area (Å²) >= 11 is 0. The zero-order valence-electron chi connectivity index (χ0n) is 12.8. The Morgan fingerprint density at radius 2 is 2.24 bits per heavy atom. The fourth-order valence-electron chi connectivity index (χ4n) is 2.71. The number of aliphatic hydroxyl groups is 1. The smallest absolute Gasteiger partial charge is 0.123 e. The molecule has 1 fully saturated rings. The summed E-state index contributed by atoms with van der Waals surface area (Å²) in [6, 6.07) is 5.89. The fourth-order valence-corrected chi connectivity index (χ4v) is 2.71. The van der Waals surface area contributed by atoms with E-state index in [1.807, 2.05) is 18.2 Å². The van der Waals surface area contributed by atoms with Crippen molar-refractivity contribution in [3.8, 4) is 17.6 Å². The molecule has 0 radical (unpaired) electrons. The molecular weight excluding hydrogens is 266 g/mol. The van der Waals surface area contributed by atoms with Crippen molar-refractivity contribution in [3.63, 3.8) is 0 Å². The molecule has 0 amide bonds. The number of hydrogen-bond donors (Lipinski definition) is 1. The molecule has 2 rings (SSSR count). The van der Waals surface area contributed by atoms with Crippen molar-refractivity contribution in [2.45, 2.75) is 25.5 Å². The Hall–Kier alpha value is -1.54.